The van der Waals surface area contributed by atoms with Crippen LogP contribution in [0, 0.1) is 0 Å². The first-order valence-corrected chi connectivity index (χ1v) is 6.70. The van der Waals surface area contributed by atoms with Crippen LogP contribution in [0.1, 0.15) is 24.6 Å². The van der Waals surface area contributed by atoms with Crippen LogP contribution in [0.2, 0.25) is 0 Å². The smallest absolute Gasteiger partial charge is 0.115 e. The molecule has 0 aromatic carbocycles. The molecule has 0 bridgehead atoms. The van der Waals surface area contributed by atoms with Gasteiger partial charge in [0, 0.05) is 25.8 Å². The molecule has 0 spiro atoms. The van der Waals surface area contributed by atoms with E-state index in [0.29, 0.717) is 6.54 Å². The van der Waals surface area contributed by atoms with E-state index in [2.05, 4.69) is 26.8 Å². The molecule has 1 fully saturated rings. The molecular formula is C13H23N5. The van der Waals surface area contributed by atoms with Crippen LogP contribution in [-0.2, 0) is 0 Å². The summed E-state index contributed by atoms with van der Waals surface area (Å²) in [6, 6.07) is 2.14. The Morgan fingerprint density at radius 3 is 2.83 bits per heavy atom. The van der Waals surface area contributed by atoms with Gasteiger partial charge in [-0.15, -0.1) is 0 Å². The van der Waals surface area contributed by atoms with Gasteiger partial charge in [0.2, 0.25) is 0 Å². The van der Waals surface area contributed by atoms with Gasteiger partial charge in [-0.2, -0.15) is 0 Å². The van der Waals surface area contributed by atoms with Crippen LogP contribution in [0.4, 0.5) is 0 Å². The molecule has 1 aromatic rings. The summed E-state index contributed by atoms with van der Waals surface area (Å²) in [5, 5.41) is 0. The van der Waals surface area contributed by atoms with Gasteiger partial charge in [0.15, 0.2) is 0 Å². The molecule has 100 valence electrons. The van der Waals surface area contributed by atoms with Gasteiger partial charge in [-0.1, -0.05) is 0 Å². The maximum atomic E-state index is 5.87. The summed E-state index contributed by atoms with van der Waals surface area (Å²) >= 11 is 0. The summed E-state index contributed by atoms with van der Waals surface area (Å²) in [6.45, 7) is 5.24. The number of likely N-dealkylation sites (tertiary alicyclic amines) is 1. The molecule has 1 aliphatic heterocycles. The van der Waals surface area contributed by atoms with Crippen molar-refractivity contribution in [2.24, 2.45) is 5.73 Å². The van der Waals surface area contributed by atoms with E-state index in [0.717, 1.165) is 18.8 Å². The van der Waals surface area contributed by atoms with E-state index in [9.17, 15) is 0 Å². The standard InChI is InChI=1S/C13H23N5/c1-17(8-9-18-6-2-3-7-18)13(10-14)12-4-5-15-11-16-12/h4-5,11,13H,2-3,6-10,14H2,1H3. The second kappa shape index (κ2) is 6.78. The molecule has 5 heteroatoms. The molecule has 1 unspecified atom stereocenters. The molecule has 0 saturated carbocycles. The molecule has 1 atom stereocenters. The highest BCUT2D eigenvalue weighted by Crippen LogP contribution is 2.15. The zero-order valence-electron chi connectivity index (χ0n) is 11.1. The Morgan fingerprint density at radius 2 is 2.22 bits per heavy atom. The number of hydrogen-bond acceptors (Lipinski definition) is 5. The van der Waals surface area contributed by atoms with Gasteiger partial charge in [-0.3, -0.25) is 4.90 Å². The van der Waals surface area contributed by atoms with Crippen LogP contribution < -0.4 is 5.73 Å². The molecule has 2 heterocycles. The molecule has 1 saturated heterocycles. The summed E-state index contributed by atoms with van der Waals surface area (Å²) in [7, 11) is 2.12. The first-order chi connectivity index (χ1) is 8.81. The molecule has 0 aliphatic carbocycles. The average Bonchev–Trinajstić information content (AvgIpc) is 2.92. The Balaban J connectivity index is 1.87. The van der Waals surface area contributed by atoms with Crippen molar-refractivity contribution in [3.63, 3.8) is 0 Å². The Hall–Kier alpha value is -1.04. The summed E-state index contributed by atoms with van der Waals surface area (Å²) < 4.78 is 0. The lowest BCUT2D eigenvalue weighted by atomic mass is 10.2. The number of hydrogen-bond donors (Lipinski definition) is 1. The Bertz CT molecular complexity index is 336. The summed E-state index contributed by atoms with van der Waals surface area (Å²) in [5.74, 6) is 0. The van der Waals surface area contributed by atoms with E-state index < -0.39 is 0 Å². The SMILES string of the molecule is CN(CCN1CCCC1)C(CN)c1ccncn1. The van der Waals surface area contributed by atoms with Crippen molar-refractivity contribution in [1.82, 2.24) is 19.8 Å². The van der Waals surface area contributed by atoms with E-state index in [1.54, 1.807) is 12.5 Å². The number of likely N-dealkylation sites (N-methyl/N-ethyl adjacent to an activating group) is 1. The van der Waals surface area contributed by atoms with Gasteiger partial charge in [-0.05, 0) is 39.0 Å². The van der Waals surface area contributed by atoms with Crippen molar-refractivity contribution in [3.05, 3.63) is 24.3 Å². The predicted molar refractivity (Wildman–Crippen MR) is 72.1 cm³/mol. The van der Waals surface area contributed by atoms with E-state index in [1.165, 1.54) is 25.9 Å². The topological polar surface area (TPSA) is 58.3 Å². The van der Waals surface area contributed by atoms with Crippen LogP contribution in [-0.4, -0.2) is 59.5 Å². The minimum Gasteiger partial charge on any atom is -0.329 e. The second-order valence-corrected chi connectivity index (χ2v) is 4.92. The zero-order chi connectivity index (χ0) is 12.8. The molecule has 1 aromatic heterocycles. The van der Waals surface area contributed by atoms with Gasteiger partial charge >= 0.3 is 0 Å². The minimum absolute atomic E-state index is 0.190. The maximum Gasteiger partial charge on any atom is 0.115 e. The van der Waals surface area contributed by atoms with Gasteiger partial charge < -0.3 is 10.6 Å². The van der Waals surface area contributed by atoms with Crippen LogP contribution in [0.15, 0.2) is 18.6 Å². The molecule has 2 N–H and O–H groups in total. The maximum absolute atomic E-state index is 5.87. The summed E-state index contributed by atoms with van der Waals surface area (Å²) in [5.41, 5.74) is 6.88. The second-order valence-electron chi connectivity index (χ2n) is 4.92. The highest BCUT2D eigenvalue weighted by Gasteiger charge is 2.18. The van der Waals surface area contributed by atoms with Crippen molar-refractivity contribution in [2.45, 2.75) is 18.9 Å². The first-order valence-electron chi connectivity index (χ1n) is 6.70. The van der Waals surface area contributed by atoms with Crippen LogP contribution in [0.3, 0.4) is 0 Å². The fourth-order valence-electron chi connectivity index (χ4n) is 2.49. The van der Waals surface area contributed by atoms with Gasteiger partial charge in [0.1, 0.15) is 6.33 Å². The number of aromatic nitrogens is 2. The number of nitrogens with zero attached hydrogens (tertiary/aromatic N) is 4. The van der Waals surface area contributed by atoms with E-state index >= 15 is 0 Å². The third-order valence-electron chi connectivity index (χ3n) is 3.67. The Labute approximate surface area is 109 Å². The third-order valence-corrected chi connectivity index (χ3v) is 3.67. The van der Waals surface area contributed by atoms with Crippen molar-refractivity contribution >= 4 is 0 Å². The van der Waals surface area contributed by atoms with Crippen LogP contribution in [0.5, 0.6) is 0 Å². The lowest BCUT2D eigenvalue weighted by molar-refractivity contribution is 0.206. The number of nitrogens with two attached hydrogens (primary N) is 1. The Morgan fingerprint density at radius 1 is 1.44 bits per heavy atom. The van der Waals surface area contributed by atoms with Crippen molar-refractivity contribution < 1.29 is 0 Å². The number of rotatable bonds is 6. The van der Waals surface area contributed by atoms with E-state index in [-0.39, 0.29) is 6.04 Å². The van der Waals surface area contributed by atoms with Crippen molar-refractivity contribution in [2.75, 3.05) is 39.8 Å². The van der Waals surface area contributed by atoms with Crippen molar-refractivity contribution in [1.29, 1.82) is 0 Å². The monoisotopic (exact) mass is 249 g/mol. The summed E-state index contributed by atoms with van der Waals surface area (Å²) in [4.78, 5) is 13.1. The van der Waals surface area contributed by atoms with Crippen LogP contribution >= 0.6 is 0 Å². The highest BCUT2D eigenvalue weighted by molar-refractivity contribution is 5.05. The minimum atomic E-state index is 0.190. The van der Waals surface area contributed by atoms with Gasteiger partial charge in [0.05, 0.1) is 11.7 Å². The largest absolute Gasteiger partial charge is 0.329 e. The highest BCUT2D eigenvalue weighted by atomic mass is 15.2. The normalized spacial score (nSPS) is 18.4. The zero-order valence-corrected chi connectivity index (χ0v) is 11.1. The first kappa shape index (κ1) is 13.4. The quantitative estimate of drug-likeness (QED) is 0.796. The fraction of sp³-hybridized carbons (Fsp3) is 0.692. The molecule has 1 aliphatic rings. The van der Waals surface area contributed by atoms with Crippen LogP contribution in [0.25, 0.3) is 0 Å². The predicted octanol–water partition coefficient (Wildman–Crippen LogP) is 0.504. The third kappa shape index (κ3) is 3.48. The molecule has 18 heavy (non-hydrogen) atoms. The lowest BCUT2D eigenvalue weighted by Gasteiger charge is -2.28. The van der Waals surface area contributed by atoms with Gasteiger partial charge in [-0.25, -0.2) is 9.97 Å². The Kier molecular flexibility index (Phi) is 5.04. The molecule has 0 amide bonds. The van der Waals surface area contributed by atoms with E-state index in [1.807, 2.05) is 6.07 Å². The fourth-order valence-corrected chi connectivity index (χ4v) is 2.49. The van der Waals surface area contributed by atoms with E-state index in [4.69, 9.17) is 5.73 Å². The average molecular weight is 249 g/mol. The lowest BCUT2D eigenvalue weighted by Crippen LogP contribution is -2.37. The molecular weight excluding hydrogens is 226 g/mol. The van der Waals surface area contributed by atoms with Gasteiger partial charge in [0.25, 0.3) is 0 Å². The molecule has 2 rings (SSSR count). The summed E-state index contributed by atoms with van der Waals surface area (Å²) in [6.07, 6.45) is 6.05. The molecule has 5 nitrogen and oxygen atoms in total. The van der Waals surface area contributed by atoms with Crippen molar-refractivity contribution in [3.8, 4) is 0 Å². The molecule has 0 radical (unpaired) electrons.